The van der Waals surface area contributed by atoms with Crippen molar-refractivity contribution in [2.24, 2.45) is 38.9 Å². The van der Waals surface area contributed by atoms with Crippen LogP contribution in [0.1, 0.15) is 43.9 Å². The molecule has 1 saturated heterocycles. The van der Waals surface area contributed by atoms with E-state index in [0.29, 0.717) is 21.2 Å². The molecular weight excluding hydrogens is 569 g/mol. The van der Waals surface area contributed by atoms with Gasteiger partial charge in [-0.3, -0.25) is 9.59 Å². The van der Waals surface area contributed by atoms with Crippen molar-refractivity contribution in [2.45, 2.75) is 12.1 Å². The van der Waals surface area contributed by atoms with Crippen molar-refractivity contribution in [3.8, 4) is 0 Å². The van der Waals surface area contributed by atoms with Crippen LogP contribution >= 0.6 is 23.2 Å². The van der Waals surface area contributed by atoms with Gasteiger partial charge in [-0.05, 0) is 59.7 Å². The van der Waals surface area contributed by atoms with Crippen molar-refractivity contribution in [1.29, 1.82) is 0 Å². The number of Topliss-reactive ketones (excluding diaryl/α,β-unsaturated/α-hetero) is 2. The van der Waals surface area contributed by atoms with E-state index in [1.54, 1.807) is 48.5 Å². The predicted octanol–water partition coefficient (Wildman–Crippen LogP) is 6.01. The number of ketones is 2. The van der Waals surface area contributed by atoms with Crippen LogP contribution in [0.2, 0.25) is 10.0 Å². The molecule has 6 rings (SSSR count). The smallest absolute Gasteiger partial charge is 0.169 e. The average molecular weight is 597 g/mol. The van der Waals surface area contributed by atoms with Gasteiger partial charge >= 0.3 is 0 Å². The summed E-state index contributed by atoms with van der Waals surface area (Å²) in [6, 6.07) is 31.2. The molecule has 9 heteroatoms. The van der Waals surface area contributed by atoms with Crippen LogP contribution in [0.5, 0.6) is 0 Å². The Bertz CT molecular complexity index is 1560. The molecule has 4 aromatic rings. The molecule has 4 aromatic carbocycles. The number of carbonyl (C=O) groups excluding carboxylic acids is 2. The van der Waals surface area contributed by atoms with Crippen molar-refractivity contribution in [3.05, 3.63) is 141 Å². The maximum Gasteiger partial charge on any atom is 0.169 e. The fraction of sp³-hybridized carbons (Fsp3) is 0.152. The van der Waals surface area contributed by atoms with Crippen molar-refractivity contribution in [1.82, 2.24) is 5.32 Å². The van der Waals surface area contributed by atoms with E-state index in [1.165, 1.54) is 0 Å². The molecular formula is C33H27Cl2N5O2. The second kappa shape index (κ2) is 11.2. The summed E-state index contributed by atoms with van der Waals surface area (Å²) in [4.78, 5) is 29.4. The van der Waals surface area contributed by atoms with E-state index < -0.39 is 29.3 Å². The van der Waals surface area contributed by atoms with Crippen LogP contribution in [-0.2, 0) is 0 Å². The van der Waals surface area contributed by atoms with Crippen LogP contribution < -0.4 is 16.8 Å². The van der Waals surface area contributed by atoms with Crippen molar-refractivity contribution in [3.63, 3.8) is 0 Å². The highest BCUT2D eigenvalue weighted by atomic mass is 35.5. The Morgan fingerprint density at radius 1 is 0.595 bits per heavy atom. The monoisotopic (exact) mass is 595 g/mol. The van der Waals surface area contributed by atoms with Crippen LogP contribution in [0.4, 0.5) is 0 Å². The summed E-state index contributed by atoms with van der Waals surface area (Å²) in [5, 5.41) is 13.1. The molecule has 2 aliphatic rings. The van der Waals surface area contributed by atoms with E-state index in [-0.39, 0.29) is 23.2 Å². The number of hydrogen-bond donors (Lipinski definition) is 3. The fourth-order valence-electron chi connectivity index (χ4n) is 6.35. The molecule has 42 heavy (non-hydrogen) atoms. The second-order valence-electron chi connectivity index (χ2n) is 10.5. The standard InChI is InChI=1S/C33H27Cl2N5O2/c34-23-15-11-21(12-16-23)29(41)25-27(19-7-3-1-4-8-19)38-28(20-9-5-2-6-10-20)26(33(25)31(36)39-40-32(33)37)30(42)22-13-17-24(35)18-14-22/h1-18,25-28,38H,(H2,36,39)(H2,37,40). The molecule has 0 bridgehead atoms. The Hall–Kier alpha value is -4.30. The zero-order chi connectivity index (χ0) is 29.4. The van der Waals surface area contributed by atoms with Crippen LogP contribution in [0.3, 0.4) is 0 Å². The lowest BCUT2D eigenvalue weighted by Crippen LogP contribution is -2.67. The van der Waals surface area contributed by atoms with E-state index >= 15 is 0 Å². The highest BCUT2D eigenvalue weighted by Crippen LogP contribution is 2.56. The lowest BCUT2D eigenvalue weighted by atomic mass is 9.53. The number of benzene rings is 4. The van der Waals surface area contributed by atoms with Gasteiger partial charge in [0.15, 0.2) is 11.6 Å². The van der Waals surface area contributed by atoms with Gasteiger partial charge in [0.05, 0.1) is 11.8 Å². The quantitative estimate of drug-likeness (QED) is 0.236. The van der Waals surface area contributed by atoms with E-state index in [2.05, 4.69) is 15.5 Å². The molecule has 210 valence electrons. The Kier molecular flexibility index (Phi) is 7.41. The summed E-state index contributed by atoms with van der Waals surface area (Å²) >= 11 is 12.3. The first-order chi connectivity index (χ1) is 20.3. The van der Waals surface area contributed by atoms with Gasteiger partial charge in [-0.15, -0.1) is 10.2 Å². The number of carbonyl (C=O) groups is 2. The molecule has 7 nitrogen and oxygen atoms in total. The minimum atomic E-state index is -1.56. The first kappa shape index (κ1) is 27.8. The SMILES string of the molecule is NC1=NN=C(N)C12C(C(=O)c1ccc(Cl)cc1)C(c1ccccc1)NC(c1ccccc1)C2C(=O)c1ccc(Cl)cc1. The third kappa shape index (κ3) is 4.60. The number of halogens is 2. The van der Waals surface area contributed by atoms with Crippen LogP contribution in [-0.4, -0.2) is 23.2 Å². The van der Waals surface area contributed by atoms with E-state index in [1.807, 2.05) is 60.7 Å². The first-order valence-corrected chi connectivity index (χ1v) is 14.2. The first-order valence-electron chi connectivity index (χ1n) is 13.5. The molecule has 0 amide bonds. The molecule has 1 spiro atoms. The third-order valence-corrected chi connectivity index (χ3v) is 8.76. The lowest BCUT2D eigenvalue weighted by molar-refractivity contribution is 0.0471. The van der Waals surface area contributed by atoms with Crippen molar-refractivity contribution in [2.75, 3.05) is 0 Å². The summed E-state index contributed by atoms with van der Waals surface area (Å²) < 4.78 is 0. The van der Waals surface area contributed by atoms with Crippen LogP contribution in [0, 0.1) is 17.3 Å². The Balaban J connectivity index is 1.64. The summed E-state index contributed by atoms with van der Waals surface area (Å²) in [6.45, 7) is 0. The summed E-state index contributed by atoms with van der Waals surface area (Å²) in [5.41, 5.74) is 14.4. The molecule has 0 radical (unpaired) electrons. The Morgan fingerprint density at radius 3 is 1.31 bits per heavy atom. The normalized spacial score (nSPS) is 22.8. The van der Waals surface area contributed by atoms with E-state index in [4.69, 9.17) is 34.7 Å². The van der Waals surface area contributed by atoms with E-state index in [9.17, 15) is 9.59 Å². The van der Waals surface area contributed by atoms with Crippen molar-refractivity contribution < 1.29 is 9.59 Å². The zero-order valence-corrected chi connectivity index (χ0v) is 23.8. The molecule has 0 saturated carbocycles. The molecule has 5 N–H and O–H groups in total. The highest BCUT2D eigenvalue weighted by Gasteiger charge is 2.66. The highest BCUT2D eigenvalue weighted by molar-refractivity contribution is 6.31. The van der Waals surface area contributed by atoms with Gasteiger partial charge in [-0.25, -0.2) is 0 Å². The summed E-state index contributed by atoms with van der Waals surface area (Å²) in [5.74, 6) is -2.49. The molecule has 2 aliphatic heterocycles. The third-order valence-electron chi connectivity index (χ3n) is 8.26. The number of hydrogen-bond acceptors (Lipinski definition) is 7. The Labute approximate surface area is 253 Å². The molecule has 0 aliphatic carbocycles. The van der Waals surface area contributed by atoms with Gasteiger partial charge < -0.3 is 16.8 Å². The molecule has 4 atom stereocenters. The largest absolute Gasteiger partial charge is 0.385 e. The molecule has 2 heterocycles. The number of nitrogens with one attached hydrogen (secondary N) is 1. The lowest BCUT2D eigenvalue weighted by Gasteiger charge is -2.53. The molecule has 1 fully saturated rings. The maximum atomic E-state index is 14.7. The van der Waals surface area contributed by atoms with Gasteiger partial charge in [0, 0.05) is 33.3 Å². The molecule has 4 unspecified atom stereocenters. The summed E-state index contributed by atoms with van der Waals surface area (Å²) in [6.07, 6.45) is 0. The maximum absolute atomic E-state index is 14.7. The van der Waals surface area contributed by atoms with Gasteiger partial charge in [-0.1, -0.05) is 83.9 Å². The number of nitrogens with two attached hydrogens (primary N) is 2. The minimum Gasteiger partial charge on any atom is -0.385 e. The predicted molar refractivity (Wildman–Crippen MR) is 166 cm³/mol. The number of nitrogens with zero attached hydrogens (tertiary/aromatic N) is 2. The van der Waals surface area contributed by atoms with Gasteiger partial charge in [0.2, 0.25) is 0 Å². The van der Waals surface area contributed by atoms with E-state index in [0.717, 1.165) is 11.1 Å². The zero-order valence-electron chi connectivity index (χ0n) is 22.3. The number of rotatable bonds is 6. The van der Waals surface area contributed by atoms with Crippen LogP contribution in [0.15, 0.2) is 119 Å². The topological polar surface area (TPSA) is 123 Å². The van der Waals surface area contributed by atoms with Gasteiger partial charge in [0.25, 0.3) is 0 Å². The van der Waals surface area contributed by atoms with Gasteiger partial charge in [-0.2, -0.15) is 0 Å². The molecule has 0 aromatic heterocycles. The van der Waals surface area contributed by atoms with Crippen molar-refractivity contribution >= 4 is 46.4 Å². The van der Waals surface area contributed by atoms with Crippen LogP contribution in [0.25, 0.3) is 0 Å². The average Bonchev–Trinajstić information content (AvgIpc) is 3.30. The Morgan fingerprint density at radius 2 is 0.952 bits per heavy atom. The fourth-order valence-corrected chi connectivity index (χ4v) is 6.60. The minimum absolute atomic E-state index is 0.0167. The number of piperidine rings is 1. The summed E-state index contributed by atoms with van der Waals surface area (Å²) in [7, 11) is 0. The number of amidine groups is 2. The van der Waals surface area contributed by atoms with Gasteiger partial charge in [0.1, 0.15) is 17.1 Å². The second-order valence-corrected chi connectivity index (χ2v) is 11.4.